The van der Waals surface area contributed by atoms with E-state index in [0.717, 1.165) is 28.1 Å². The zero-order valence-corrected chi connectivity index (χ0v) is 17.2. The second-order valence-corrected chi connectivity index (χ2v) is 8.18. The fourth-order valence-electron chi connectivity index (χ4n) is 2.89. The summed E-state index contributed by atoms with van der Waals surface area (Å²) in [6.45, 7) is 8.37. The van der Waals surface area contributed by atoms with Gasteiger partial charge >= 0.3 is 0 Å². The van der Waals surface area contributed by atoms with Crippen molar-refractivity contribution in [1.82, 2.24) is 10.5 Å². The average Bonchev–Trinajstić information content (AvgIpc) is 3.13. The van der Waals surface area contributed by atoms with Crippen molar-refractivity contribution in [3.63, 3.8) is 0 Å². The van der Waals surface area contributed by atoms with E-state index in [9.17, 15) is 4.39 Å². The molecule has 2 aromatic carbocycles. The summed E-state index contributed by atoms with van der Waals surface area (Å²) < 4.78 is 18.3. The molecule has 0 amide bonds. The van der Waals surface area contributed by atoms with Crippen molar-refractivity contribution in [2.24, 2.45) is 0 Å². The molecule has 1 unspecified atom stereocenters. The SMILES string of the molecule is CC(NC(=S)Nc1ccc(-c2nocc2C(C)(C)C)cc1)c1ccc(F)cc1. The Morgan fingerprint density at radius 3 is 2.32 bits per heavy atom. The monoisotopic (exact) mass is 397 g/mol. The molecule has 146 valence electrons. The third-order valence-electron chi connectivity index (χ3n) is 4.51. The van der Waals surface area contributed by atoms with Crippen LogP contribution in [0.2, 0.25) is 0 Å². The molecule has 1 aromatic heterocycles. The van der Waals surface area contributed by atoms with Gasteiger partial charge in [0.25, 0.3) is 0 Å². The molecule has 0 fully saturated rings. The molecule has 0 saturated carbocycles. The number of rotatable bonds is 4. The quantitative estimate of drug-likeness (QED) is 0.543. The van der Waals surface area contributed by atoms with Crippen LogP contribution in [-0.4, -0.2) is 10.3 Å². The molecule has 1 atom stereocenters. The molecule has 0 bridgehead atoms. The standard InChI is InChI=1S/C22H24FN3OS/c1-14(15-5-9-17(23)10-6-15)24-21(28)25-18-11-7-16(8-12-18)20-19(13-27-26-20)22(2,3)4/h5-14H,1-4H3,(H2,24,25,28). The molecule has 4 nitrogen and oxygen atoms in total. The summed E-state index contributed by atoms with van der Waals surface area (Å²) in [6, 6.07) is 14.2. The van der Waals surface area contributed by atoms with Crippen LogP contribution in [0.5, 0.6) is 0 Å². The minimum Gasteiger partial charge on any atom is -0.364 e. The molecule has 0 spiro atoms. The maximum Gasteiger partial charge on any atom is 0.171 e. The highest BCUT2D eigenvalue weighted by Gasteiger charge is 2.22. The van der Waals surface area contributed by atoms with E-state index in [4.69, 9.17) is 16.7 Å². The lowest BCUT2D eigenvalue weighted by molar-refractivity contribution is 0.418. The van der Waals surface area contributed by atoms with E-state index < -0.39 is 0 Å². The number of benzene rings is 2. The molecule has 3 rings (SSSR count). The normalized spacial score (nSPS) is 12.5. The highest BCUT2D eigenvalue weighted by atomic mass is 32.1. The van der Waals surface area contributed by atoms with Gasteiger partial charge in [-0.1, -0.05) is 50.2 Å². The Morgan fingerprint density at radius 1 is 1.07 bits per heavy atom. The Bertz CT molecular complexity index is 943. The third-order valence-corrected chi connectivity index (χ3v) is 4.73. The largest absolute Gasteiger partial charge is 0.364 e. The first kappa shape index (κ1) is 20.0. The van der Waals surface area contributed by atoms with Gasteiger partial charge in [0.1, 0.15) is 17.8 Å². The summed E-state index contributed by atoms with van der Waals surface area (Å²) in [5, 5.41) is 11.0. The lowest BCUT2D eigenvalue weighted by atomic mass is 9.86. The molecule has 2 N–H and O–H groups in total. The molecule has 0 radical (unpaired) electrons. The Balaban J connectivity index is 1.65. The van der Waals surface area contributed by atoms with Crippen LogP contribution in [0.15, 0.2) is 59.3 Å². The first-order valence-corrected chi connectivity index (χ1v) is 9.53. The van der Waals surface area contributed by atoms with Gasteiger partial charge in [-0.2, -0.15) is 0 Å². The Hall–Kier alpha value is -2.73. The minimum atomic E-state index is -0.251. The number of thiocarbonyl (C=S) groups is 1. The van der Waals surface area contributed by atoms with E-state index >= 15 is 0 Å². The second-order valence-electron chi connectivity index (χ2n) is 7.78. The maximum absolute atomic E-state index is 13.1. The number of nitrogens with zero attached hydrogens (tertiary/aromatic N) is 1. The summed E-state index contributed by atoms with van der Waals surface area (Å²) in [5.41, 5.74) is 4.69. The van der Waals surface area contributed by atoms with Crippen molar-refractivity contribution in [2.75, 3.05) is 5.32 Å². The van der Waals surface area contributed by atoms with Crippen LogP contribution >= 0.6 is 12.2 Å². The van der Waals surface area contributed by atoms with Crippen LogP contribution in [0.1, 0.15) is 44.9 Å². The topological polar surface area (TPSA) is 50.1 Å². The van der Waals surface area contributed by atoms with Gasteiger partial charge in [0.2, 0.25) is 0 Å². The average molecular weight is 398 g/mol. The Morgan fingerprint density at radius 2 is 1.71 bits per heavy atom. The van der Waals surface area contributed by atoms with Crippen LogP contribution in [0.25, 0.3) is 11.3 Å². The summed E-state index contributed by atoms with van der Waals surface area (Å²) in [5.74, 6) is -0.251. The number of hydrogen-bond donors (Lipinski definition) is 2. The fraction of sp³-hybridized carbons (Fsp3) is 0.273. The van der Waals surface area contributed by atoms with E-state index in [1.165, 1.54) is 12.1 Å². The second kappa shape index (κ2) is 8.10. The first-order valence-electron chi connectivity index (χ1n) is 9.12. The van der Waals surface area contributed by atoms with Crippen molar-refractivity contribution in [2.45, 2.75) is 39.2 Å². The summed E-state index contributed by atoms with van der Waals surface area (Å²) in [7, 11) is 0. The summed E-state index contributed by atoms with van der Waals surface area (Å²) in [6.07, 6.45) is 1.71. The number of aromatic nitrogens is 1. The van der Waals surface area contributed by atoms with Gasteiger partial charge in [-0.05, 0) is 54.4 Å². The van der Waals surface area contributed by atoms with Crippen molar-refractivity contribution >= 4 is 23.0 Å². The lowest BCUT2D eigenvalue weighted by Gasteiger charge is -2.18. The Kier molecular flexibility index (Phi) is 5.79. The number of nitrogens with one attached hydrogen (secondary N) is 2. The number of hydrogen-bond acceptors (Lipinski definition) is 3. The summed E-state index contributed by atoms with van der Waals surface area (Å²) >= 11 is 5.40. The lowest BCUT2D eigenvalue weighted by Crippen LogP contribution is -2.30. The van der Waals surface area contributed by atoms with Crippen LogP contribution in [0.3, 0.4) is 0 Å². The van der Waals surface area contributed by atoms with Crippen molar-refractivity contribution in [1.29, 1.82) is 0 Å². The zero-order valence-electron chi connectivity index (χ0n) is 16.4. The van der Waals surface area contributed by atoms with Gasteiger partial charge in [0, 0.05) is 16.8 Å². The van der Waals surface area contributed by atoms with Gasteiger partial charge < -0.3 is 15.2 Å². The molecule has 0 saturated heterocycles. The molecule has 1 heterocycles. The minimum absolute atomic E-state index is 0.0376. The van der Waals surface area contributed by atoms with E-state index in [1.54, 1.807) is 18.4 Å². The smallest absolute Gasteiger partial charge is 0.171 e. The van der Waals surface area contributed by atoms with Crippen molar-refractivity contribution in [3.05, 3.63) is 71.7 Å². The van der Waals surface area contributed by atoms with Crippen LogP contribution in [-0.2, 0) is 5.41 Å². The van der Waals surface area contributed by atoms with Crippen molar-refractivity contribution < 1.29 is 8.91 Å². The highest BCUT2D eigenvalue weighted by molar-refractivity contribution is 7.80. The highest BCUT2D eigenvalue weighted by Crippen LogP contribution is 2.32. The third kappa shape index (κ3) is 4.75. The van der Waals surface area contributed by atoms with Crippen LogP contribution in [0.4, 0.5) is 10.1 Å². The van der Waals surface area contributed by atoms with Gasteiger partial charge in [-0.15, -0.1) is 0 Å². The number of halogens is 1. The molecule has 0 aliphatic rings. The fourth-order valence-corrected chi connectivity index (χ4v) is 3.18. The molecule has 6 heteroatoms. The van der Waals surface area contributed by atoms with Crippen LogP contribution < -0.4 is 10.6 Å². The van der Waals surface area contributed by atoms with E-state index in [0.29, 0.717) is 5.11 Å². The molecule has 0 aliphatic heterocycles. The molecule has 0 aliphatic carbocycles. The first-order chi connectivity index (χ1) is 13.2. The Labute approximate surface area is 170 Å². The van der Waals surface area contributed by atoms with Gasteiger partial charge in [-0.25, -0.2) is 4.39 Å². The zero-order chi connectivity index (χ0) is 20.3. The number of anilines is 1. The van der Waals surface area contributed by atoms with E-state index in [1.807, 2.05) is 31.2 Å². The van der Waals surface area contributed by atoms with Gasteiger partial charge in [-0.3, -0.25) is 0 Å². The summed E-state index contributed by atoms with van der Waals surface area (Å²) in [4.78, 5) is 0. The molecular weight excluding hydrogens is 373 g/mol. The van der Waals surface area contributed by atoms with Crippen LogP contribution in [0, 0.1) is 5.82 Å². The van der Waals surface area contributed by atoms with Gasteiger partial charge in [0.05, 0.1) is 6.04 Å². The molecular formula is C22H24FN3OS. The van der Waals surface area contributed by atoms with Crippen molar-refractivity contribution in [3.8, 4) is 11.3 Å². The maximum atomic E-state index is 13.1. The predicted molar refractivity (Wildman–Crippen MR) is 115 cm³/mol. The van der Waals surface area contributed by atoms with E-state index in [2.05, 4.69) is 36.6 Å². The van der Waals surface area contributed by atoms with E-state index in [-0.39, 0.29) is 17.3 Å². The van der Waals surface area contributed by atoms with Gasteiger partial charge in [0.15, 0.2) is 5.11 Å². The molecule has 3 aromatic rings. The predicted octanol–water partition coefficient (Wildman–Crippen LogP) is 5.83. The molecule has 28 heavy (non-hydrogen) atoms.